The minimum atomic E-state index is -0.556. The Labute approximate surface area is 162 Å². The van der Waals surface area contributed by atoms with E-state index in [0.717, 1.165) is 49.4 Å². The Bertz CT molecular complexity index is 786. The molecule has 2 aromatic rings. The number of nitrogens with two attached hydrogens (primary N) is 1. The molecule has 1 aromatic carbocycles. The van der Waals surface area contributed by atoms with Crippen LogP contribution in [0.1, 0.15) is 11.1 Å². The van der Waals surface area contributed by atoms with Gasteiger partial charge >= 0.3 is 0 Å². The van der Waals surface area contributed by atoms with E-state index >= 15 is 0 Å². The third-order valence-electron chi connectivity index (χ3n) is 4.47. The number of hydrogen-bond acceptors (Lipinski definition) is 4. The first-order valence-corrected chi connectivity index (χ1v) is 9.75. The van der Waals surface area contributed by atoms with Gasteiger partial charge in [0.1, 0.15) is 16.7 Å². The zero-order valence-corrected chi connectivity index (χ0v) is 16.1. The van der Waals surface area contributed by atoms with Crippen molar-refractivity contribution in [2.45, 2.75) is 17.3 Å². The zero-order valence-electron chi connectivity index (χ0n) is 15.2. The molecule has 8 heteroatoms. The van der Waals surface area contributed by atoms with Crippen LogP contribution in [0.3, 0.4) is 0 Å². The van der Waals surface area contributed by atoms with Gasteiger partial charge in [0.2, 0.25) is 0 Å². The first-order valence-electron chi connectivity index (χ1n) is 8.76. The molecule has 0 atom stereocenters. The van der Waals surface area contributed by atoms with Crippen LogP contribution in [-0.4, -0.2) is 54.0 Å². The molecule has 0 unspecified atom stereocenters. The van der Waals surface area contributed by atoms with Gasteiger partial charge in [-0.2, -0.15) is 0 Å². The maximum Gasteiger partial charge on any atom is 0.191 e. The molecule has 27 heavy (non-hydrogen) atoms. The Balaban J connectivity index is 1.61. The number of guanidine groups is 1. The molecule has 0 saturated carbocycles. The van der Waals surface area contributed by atoms with E-state index in [1.807, 2.05) is 6.07 Å². The number of aromatic nitrogens is 1. The lowest BCUT2D eigenvalue weighted by molar-refractivity contribution is 0.173. The normalized spacial score (nSPS) is 16.0. The van der Waals surface area contributed by atoms with E-state index in [0.29, 0.717) is 17.3 Å². The van der Waals surface area contributed by atoms with Crippen LogP contribution in [0.25, 0.3) is 0 Å². The number of nitrogens with zero attached hydrogens (tertiary/aromatic N) is 4. The van der Waals surface area contributed by atoms with E-state index < -0.39 is 11.6 Å². The summed E-state index contributed by atoms with van der Waals surface area (Å²) in [5.41, 5.74) is 7.60. The molecule has 1 aliphatic rings. The molecule has 1 aliphatic heterocycles. The maximum atomic E-state index is 13.4. The van der Waals surface area contributed by atoms with Crippen LogP contribution in [0.2, 0.25) is 0 Å². The van der Waals surface area contributed by atoms with Gasteiger partial charge < -0.3 is 10.6 Å². The summed E-state index contributed by atoms with van der Waals surface area (Å²) in [6.45, 7) is 4.25. The van der Waals surface area contributed by atoms with Crippen molar-refractivity contribution >= 4 is 17.7 Å². The monoisotopic (exact) mass is 391 g/mol. The van der Waals surface area contributed by atoms with E-state index in [4.69, 9.17) is 5.73 Å². The van der Waals surface area contributed by atoms with Crippen molar-refractivity contribution in [3.8, 4) is 0 Å². The Morgan fingerprint density at radius 1 is 1.19 bits per heavy atom. The van der Waals surface area contributed by atoms with Gasteiger partial charge in [-0.3, -0.25) is 9.89 Å². The SMILES string of the molecule is CN=C(N)N1CCN(Cc2cccnc2SCc2cc(F)cc(F)c2)CC1. The molecule has 1 fully saturated rings. The minimum absolute atomic E-state index is 0.468. The summed E-state index contributed by atoms with van der Waals surface area (Å²) in [7, 11) is 1.70. The van der Waals surface area contributed by atoms with Crippen LogP contribution in [0, 0.1) is 11.6 Å². The fourth-order valence-corrected chi connectivity index (χ4v) is 3.96. The average Bonchev–Trinajstić information content (AvgIpc) is 2.66. The van der Waals surface area contributed by atoms with Crippen molar-refractivity contribution in [2.24, 2.45) is 10.7 Å². The average molecular weight is 391 g/mol. The summed E-state index contributed by atoms with van der Waals surface area (Å²) >= 11 is 1.49. The quantitative estimate of drug-likeness (QED) is 0.483. The number of thioether (sulfide) groups is 1. The zero-order chi connectivity index (χ0) is 19.2. The highest BCUT2D eigenvalue weighted by Crippen LogP contribution is 2.26. The van der Waals surface area contributed by atoms with Crippen LogP contribution in [0.15, 0.2) is 46.5 Å². The fourth-order valence-electron chi connectivity index (χ4n) is 3.04. The maximum absolute atomic E-state index is 13.4. The minimum Gasteiger partial charge on any atom is -0.370 e. The van der Waals surface area contributed by atoms with Gasteiger partial charge in [-0.25, -0.2) is 13.8 Å². The van der Waals surface area contributed by atoms with E-state index in [9.17, 15) is 8.78 Å². The molecule has 5 nitrogen and oxygen atoms in total. The first kappa shape index (κ1) is 19.6. The summed E-state index contributed by atoms with van der Waals surface area (Å²) in [6.07, 6.45) is 1.74. The van der Waals surface area contributed by atoms with Gasteiger partial charge in [0.05, 0.1) is 0 Å². The van der Waals surface area contributed by atoms with Crippen molar-refractivity contribution in [2.75, 3.05) is 33.2 Å². The number of pyridine rings is 1. The van der Waals surface area contributed by atoms with Crippen molar-refractivity contribution in [1.82, 2.24) is 14.8 Å². The molecule has 0 radical (unpaired) electrons. The number of halogens is 2. The van der Waals surface area contributed by atoms with Crippen molar-refractivity contribution in [3.05, 3.63) is 59.3 Å². The Morgan fingerprint density at radius 3 is 2.56 bits per heavy atom. The molecule has 3 rings (SSSR count). The standard InChI is InChI=1S/C19H23F2N5S/c1-23-19(22)26-7-5-25(6-8-26)12-15-3-2-4-24-18(15)27-13-14-9-16(20)11-17(21)10-14/h2-4,9-11H,5-8,12-13H2,1H3,(H2,22,23). The highest BCUT2D eigenvalue weighted by Gasteiger charge is 2.19. The number of benzene rings is 1. The summed E-state index contributed by atoms with van der Waals surface area (Å²) < 4.78 is 26.7. The molecule has 0 amide bonds. The lowest BCUT2D eigenvalue weighted by Crippen LogP contribution is -2.50. The van der Waals surface area contributed by atoms with E-state index in [1.54, 1.807) is 13.2 Å². The predicted molar refractivity (Wildman–Crippen MR) is 105 cm³/mol. The fraction of sp³-hybridized carbons (Fsp3) is 0.368. The van der Waals surface area contributed by atoms with Gasteiger partial charge in [-0.1, -0.05) is 6.07 Å². The smallest absolute Gasteiger partial charge is 0.191 e. The third-order valence-corrected chi connectivity index (χ3v) is 5.59. The molecule has 2 N–H and O–H groups in total. The second-order valence-electron chi connectivity index (χ2n) is 6.38. The first-order chi connectivity index (χ1) is 13.0. The van der Waals surface area contributed by atoms with Crippen LogP contribution >= 0.6 is 11.8 Å². The number of aliphatic imine (C=N–C) groups is 1. The third kappa shape index (κ3) is 5.40. The summed E-state index contributed by atoms with van der Waals surface area (Å²) in [5, 5.41) is 0.888. The summed E-state index contributed by atoms with van der Waals surface area (Å²) in [4.78, 5) is 12.9. The van der Waals surface area contributed by atoms with Gasteiger partial charge in [0, 0.05) is 57.8 Å². The highest BCUT2D eigenvalue weighted by molar-refractivity contribution is 7.98. The van der Waals surface area contributed by atoms with Gasteiger partial charge in [-0.05, 0) is 29.3 Å². The number of hydrogen-bond donors (Lipinski definition) is 1. The second kappa shape index (κ2) is 9.14. The van der Waals surface area contributed by atoms with Gasteiger partial charge in [0.15, 0.2) is 5.96 Å². The molecular formula is C19H23F2N5S. The van der Waals surface area contributed by atoms with Gasteiger partial charge in [-0.15, -0.1) is 11.8 Å². The van der Waals surface area contributed by atoms with Crippen LogP contribution < -0.4 is 5.73 Å². The summed E-state index contributed by atoms with van der Waals surface area (Å²) in [5.74, 6) is -0.0653. The van der Waals surface area contributed by atoms with Crippen LogP contribution in [0.5, 0.6) is 0 Å². The molecule has 1 saturated heterocycles. The molecule has 1 aromatic heterocycles. The summed E-state index contributed by atoms with van der Waals surface area (Å²) in [6, 6.07) is 7.57. The molecule has 0 bridgehead atoms. The Morgan fingerprint density at radius 2 is 1.89 bits per heavy atom. The molecule has 2 heterocycles. The highest BCUT2D eigenvalue weighted by atomic mass is 32.2. The van der Waals surface area contributed by atoms with Crippen molar-refractivity contribution < 1.29 is 8.78 Å². The lowest BCUT2D eigenvalue weighted by atomic mass is 10.2. The molecule has 0 aliphatic carbocycles. The van der Waals surface area contributed by atoms with Crippen LogP contribution in [-0.2, 0) is 12.3 Å². The van der Waals surface area contributed by atoms with Gasteiger partial charge in [0.25, 0.3) is 0 Å². The molecule has 0 spiro atoms. The Kier molecular flexibility index (Phi) is 6.63. The number of piperazine rings is 1. The molecule has 144 valence electrons. The van der Waals surface area contributed by atoms with Crippen molar-refractivity contribution in [3.63, 3.8) is 0 Å². The number of rotatable bonds is 5. The predicted octanol–water partition coefficient (Wildman–Crippen LogP) is 2.71. The largest absolute Gasteiger partial charge is 0.370 e. The van der Waals surface area contributed by atoms with Crippen molar-refractivity contribution in [1.29, 1.82) is 0 Å². The second-order valence-corrected chi connectivity index (χ2v) is 7.34. The van der Waals surface area contributed by atoms with E-state index in [2.05, 4.69) is 25.8 Å². The lowest BCUT2D eigenvalue weighted by Gasteiger charge is -2.35. The van der Waals surface area contributed by atoms with E-state index in [1.165, 1.54) is 23.9 Å². The Hall–Kier alpha value is -2.19. The topological polar surface area (TPSA) is 57.8 Å². The molecular weight excluding hydrogens is 368 g/mol. The van der Waals surface area contributed by atoms with Crippen LogP contribution in [0.4, 0.5) is 8.78 Å². The van der Waals surface area contributed by atoms with E-state index in [-0.39, 0.29) is 0 Å².